The number of nitrogens with zero attached hydrogens (tertiary/aromatic N) is 2. The molecule has 2 nitrogen and oxygen atoms in total. The predicted octanol–water partition coefficient (Wildman–Crippen LogP) is 2.45. The summed E-state index contributed by atoms with van der Waals surface area (Å²) < 4.78 is 2.46. The summed E-state index contributed by atoms with van der Waals surface area (Å²) >= 11 is 0. The molecule has 0 spiro atoms. The van der Waals surface area contributed by atoms with E-state index in [0.717, 1.165) is 18.4 Å². The van der Waals surface area contributed by atoms with Gasteiger partial charge in [-0.05, 0) is 43.5 Å². The molecule has 0 radical (unpaired) electrons. The Hall–Kier alpha value is -2.03. The third-order valence-electron chi connectivity index (χ3n) is 4.66. The van der Waals surface area contributed by atoms with E-state index in [9.17, 15) is 0 Å². The van der Waals surface area contributed by atoms with Crippen molar-refractivity contribution in [3.05, 3.63) is 58.9 Å². The smallest absolute Gasteiger partial charge is 0.139 e. The maximum absolute atomic E-state index is 4.83. The Balaban J connectivity index is 1.94. The average Bonchev–Trinajstić information content (AvgIpc) is 3.01. The molecule has 4 rings (SSSR count). The zero-order valence-corrected chi connectivity index (χ0v) is 12.9. The minimum absolute atomic E-state index is 0.437. The van der Waals surface area contributed by atoms with Crippen LogP contribution in [0.3, 0.4) is 0 Å². The number of rotatable bonds is 1. The summed E-state index contributed by atoms with van der Waals surface area (Å²) in [7, 11) is 2.15. The molecule has 0 fully saturated rings. The molecule has 1 aromatic heterocycles. The van der Waals surface area contributed by atoms with Crippen LogP contribution in [0.1, 0.15) is 35.0 Å². The number of fused-ring (bicyclic) bond motifs is 3. The monoisotopic (exact) mass is 274 g/mol. The molecule has 2 aromatic carbocycles. The summed E-state index contributed by atoms with van der Waals surface area (Å²) in [6, 6.07) is 13.8. The van der Waals surface area contributed by atoms with Gasteiger partial charge in [-0.25, -0.2) is 4.98 Å². The minimum Gasteiger partial charge on any atom is -0.320 e. The van der Waals surface area contributed by atoms with Gasteiger partial charge in [0.15, 0.2) is 0 Å². The van der Waals surface area contributed by atoms with E-state index in [1.807, 2.05) is 0 Å². The van der Waals surface area contributed by atoms with Crippen LogP contribution in [0.2, 0.25) is 0 Å². The molecular weight excluding hydrogens is 255 g/mol. The van der Waals surface area contributed by atoms with E-state index in [1.165, 1.54) is 33.5 Å². The summed E-state index contributed by atoms with van der Waals surface area (Å²) in [5.74, 6) is 1.24. The highest BCUT2D eigenvalue weighted by Crippen LogP contribution is 2.36. The number of benzene rings is 2. The third-order valence-corrected chi connectivity index (χ3v) is 4.66. The van der Waals surface area contributed by atoms with Crippen LogP contribution in [-0.2, 0) is 6.42 Å². The first-order chi connectivity index (χ1) is 10.1. The fourth-order valence-corrected chi connectivity index (χ4v) is 3.59. The largest absolute Gasteiger partial charge is 0.320 e. The molecular formula is C18H19BN2. The van der Waals surface area contributed by atoms with Crippen LogP contribution in [0.15, 0.2) is 36.4 Å². The van der Waals surface area contributed by atoms with E-state index in [2.05, 4.69) is 62.7 Å². The van der Waals surface area contributed by atoms with Crippen LogP contribution in [0.25, 0.3) is 11.0 Å². The Morgan fingerprint density at radius 3 is 2.86 bits per heavy atom. The van der Waals surface area contributed by atoms with Crippen LogP contribution in [-0.4, -0.2) is 17.4 Å². The lowest BCUT2D eigenvalue weighted by atomic mass is 9.95. The lowest BCUT2D eigenvalue weighted by Gasteiger charge is -2.18. The van der Waals surface area contributed by atoms with Crippen molar-refractivity contribution in [2.24, 2.45) is 0 Å². The molecule has 0 saturated heterocycles. The van der Waals surface area contributed by atoms with Crippen LogP contribution in [0.5, 0.6) is 0 Å². The molecule has 0 bridgehead atoms. The first kappa shape index (κ1) is 12.7. The van der Waals surface area contributed by atoms with Gasteiger partial charge in [-0.1, -0.05) is 35.3 Å². The van der Waals surface area contributed by atoms with Crippen molar-refractivity contribution >= 4 is 24.3 Å². The summed E-state index contributed by atoms with van der Waals surface area (Å²) in [5, 5.41) is 0. The highest BCUT2D eigenvalue weighted by Gasteiger charge is 2.27. The highest BCUT2D eigenvalue weighted by atomic mass is 15.1. The first-order valence-electron chi connectivity index (χ1n) is 7.68. The molecule has 1 atom stereocenters. The second kappa shape index (κ2) is 4.49. The number of hydrogen-bond acceptors (Lipinski definition) is 1. The summed E-state index contributed by atoms with van der Waals surface area (Å²) in [4.78, 5) is 4.83. The topological polar surface area (TPSA) is 17.8 Å². The van der Waals surface area contributed by atoms with Gasteiger partial charge in [0.05, 0.1) is 17.1 Å². The van der Waals surface area contributed by atoms with Gasteiger partial charge in [0.25, 0.3) is 0 Å². The third kappa shape index (κ3) is 1.91. The van der Waals surface area contributed by atoms with Gasteiger partial charge in [-0.2, -0.15) is 0 Å². The van der Waals surface area contributed by atoms with Gasteiger partial charge in [-0.15, -0.1) is 0 Å². The molecule has 0 N–H and O–H groups in total. The highest BCUT2D eigenvalue weighted by molar-refractivity contribution is 6.33. The normalized spacial score (nSPS) is 17.3. The van der Waals surface area contributed by atoms with Gasteiger partial charge < -0.3 is 4.57 Å². The van der Waals surface area contributed by atoms with Crippen LogP contribution >= 0.6 is 0 Å². The molecule has 1 aliphatic rings. The van der Waals surface area contributed by atoms with E-state index in [0.29, 0.717) is 6.04 Å². The second-order valence-electron chi connectivity index (χ2n) is 6.30. The van der Waals surface area contributed by atoms with Gasteiger partial charge in [-0.3, -0.25) is 0 Å². The fraction of sp³-hybridized carbons (Fsp3) is 0.278. The van der Waals surface area contributed by atoms with Gasteiger partial charge in [0, 0.05) is 6.42 Å². The van der Waals surface area contributed by atoms with Crippen molar-refractivity contribution < 1.29 is 0 Å². The zero-order valence-electron chi connectivity index (χ0n) is 12.9. The van der Waals surface area contributed by atoms with Gasteiger partial charge in [0.1, 0.15) is 13.7 Å². The molecule has 0 aliphatic carbocycles. The van der Waals surface area contributed by atoms with Crippen molar-refractivity contribution in [2.45, 2.75) is 32.7 Å². The number of aromatic nitrogens is 2. The first-order valence-corrected chi connectivity index (χ1v) is 7.68. The SMILES string of the molecule is Bc1ccc2nc3n(c2c1)C(c1cc(C)ccc1C)CC3. The maximum atomic E-state index is 4.83. The number of imidazole rings is 1. The fourth-order valence-electron chi connectivity index (χ4n) is 3.59. The quantitative estimate of drug-likeness (QED) is 0.623. The average molecular weight is 274 g/mol. The molecule has 21 heavy (non-hydrogen) atoms. The lowest BCUT2D eigenvalue weighted by molar-refractivity contribution is 0.633. The Labute approximate surface area is 126 Å². The van der Waals surface area contributed by atoms with E-state index in [1.54, 1.807) is 0 Å². The van der Waals surface area contributed by atoms with Crippen LogP contribution < -0.4 is 5.46 Å². The summed E-state index contributed by atoms with van der Waals surface area (Å²) in [6.07, 6.45) is 2.24. The molecule has 3 heteroatoms. The molecule has 1 aliphatic heterocycles. The van der Waals surface area contributed by atoms with E-state index < -0.39 is 0 Å². The zero-order chi connectivity index (χ0) is 14.6. The van der Waals surface area contributed by atoms with Crippen molar-refractivity contribution in [1.82, 2.24) is 9.55 Å². The molecule has 0 saturated carbocycles. The lowest BCUT2D eigenvalue weighted by Crippen LogP contribution is -2.09. The van der Waals surface area contributed by atoms with Crippen molar-refractivity contribution in [2.75, 3.05) is 0 Å². The minimum atomic E-state index is 0.437. The Bertz CT molecular complexity index is 848. The second-order valence-corrected chi connectivity index (χ2v) is 6.30. The van der Waals surface area contributed by atoms with Crippen molar-refractivity contribution in [3.8, 4) is 0 Å². The molecule has 3 aromatic rings. The van der Waals surface area contributed by atoms with E-state index in [-0.39, 0.29) is 0 Å². The number of aryl methyl sites for hydroxylation is 3. The van der Waals surface area contributed by atoms with Gasteiger partial charge >= 0.3 is 0 Å². The van der Waals surface area contributed by atoms with Crippen LogP contribution in [0, 0.1) is 13.8 Å². The molecule has 1 unspecified atom stereocenters. The number of hydrogen-bond donors (Lipinski definition) is 0. The van der Waals surface area contributed by atoms with Crippen molar-refractivity contribution in [3.63, 3.8) is 0 Å². The van der Waals surface area contributed by atoms with Gasteiger partial charge in [0.2, 0.25) is 0 Å². The Kier molecular flexibility index (Phi) is 2.71. The summed E-state index contributed by atoms with van der Waals surface area (Å²) in [6.45, 7) is 4.39. The van der Waals surface area contributed by atoms with E-state index in [4.69, 9.17) is 4.98 Å². The molecule has 104 valence electrons. The van der Waals surface area contributed by atoms with Crippen LogP contribution in [0.4, 0.5) is 0 Å². The molecule has 2 heterocycles. The van der Waals surface area contributed by atoms with E-state index >= 15 is 0 Å². The predicted molar refractivity (Wildman–Crippen MR) is 90.3 cm³/mol. The Morgan fingerprint density at radius 1 is 1.14 bits per heavy atom. The maximum Gasteiger partial charge on any atom is 0.139 e. The Morgan fingerprint density at radius 2 is 2.00 bits per heavy atom. The van der Waals surface area contributed by atoms with Crippen molar-refractivity contribution in [1.29, 1.82) is 0 Å². The summed E-state index contributed by atoms with van der Waals surface area (Å²) in [5.41, 5.74) is 7.89. The molecule has 0 amide bonds. The standard InChI is InChI=1S/C18H19BN2/c1-11-3-4-12(2)14(9-11)16-7-8-18-20-15-6-5-13(19)10-17(15)21(16)18/h3-6,9-10,16H,7-8,19H2,1-2H3.